The molecule has 0 radical (unpaired) electrons. The molecule has 0 spiro atoms. The van der Waals surface area contributed by atoms with Gasteiger partial charge in [0.1, 0.15) is 0 Å². The highest BCUT2D eigenvalue weighted by Gasteiger charge is 2.28. The molecule has 100 valence electrons. The third kappa shape index (κ3) is 3.36. The van der Waals surface area contributed by atoms with Crippen LogP contribution in [-0.4, -0.2) is 26.7 Å². The fourth-order valence-corrected chi connectivity index (χ4v) is 2.38. The van der Waals surface area contributed by atoms with Crippen molar-refractivity contribution in [2.75, 3.05) is 17.6 Å². The fourth-order valence-electron chi connectivity index (χ4n) is 1.15. The van der Waals surface area contributed by atoms with Crippen LogP contribution < -0.4 is 10.5 Å². The van der Waals surface area contributed by atoms with Crippen LogP contribution in [0.4, 0.5) is 11.4 Å². The lowest BCUT2D eigenvalue weighted by Crippen LogP contribution is -2.33. The Morgan fingerprint density at radius 1 is 1.50 bits per heavy atom. The van der Waals surface area contributed by atoms with Crippen LogP contribution in [0, 0.1) is 0 Å². The van der Waals surface area contributed by atoms with Crippen LogP contribution in [0.3, 0.4) is 0 Å². The molecule has 0 aliphatic rings. The maximum absolute atomic E-state index is 11.8. The van der Waals surface area contributed by atoms with Crippen molar-refractivity contribution >= 4 is 43.3 Å². The van der Waals surface area contributed by atoms with E-state index in [-0.39, 0.29) is 5.69 Å². The van der Waals surface area contributed by atoms with Gasteiger partial charge in [-0.3, -0.25) is 9.52 Å². The van der Waals surface area contributed by atoms with Crippen molar-refractivity contribution in [3.8, 4) is 0 Å². The summed E-state index contributed by atoms with van der Waals surface area (Å²) >= 11 is 3.20. The summed E-state index contributed by atoms with van der Waals surface area (Å²) in [5.41, 5.74) is 6.30. The van der Waals surface area contributed by atoms with Crippen LogP contribution in [0.25, 0.3) is 0 Å². The first-order valence-corrected chi connectivity index (χ1v) is 7.26. The van der Waals surface area contributed by atoms with E-state index in [9.17, 15) is 13.2 Å². The molecular weight excluding hydrogens is 324 g/mol. The normalized spacial score (nSPS) is 12.8. The molecule has 0 bridgehead atoms. The van der Waals surface area contributed by atoms with E-state index in [2.05, 4.69) is 25.4 Å². The molecule has 0 amide bonds. The van der Waals surface area contributed by atoms with Crippen LogP contribution in [0.1, 0.15) is 6.92 Å². The number of benzene rings is 1. The van der Waals surface area contributed by atoms with Crippen molar-refractivity contribution in [1.29, 1.82) is 0 Å². The Morgan fingerprint density at radius 2 is 2.11 bits per heavy atom. The number of sulfonamides is 1. The Morgan fingerprint density at radius 3 is 2.61 bits per heavy atom. The fraction of sp³-hybridized carbons (Fsp3) is 0.300. The van der Waals surface area contributed by atoms with E-state index in [0.29, 0.717) is 10.2 Å². The number of carbonyl (C=O) groups excluding carboxylic acids is 1. The Hall–Kier alpha value is -1.28. The third-order valence-corrected chi connectivity index (χ3v) is 4.62. The van der Waals surface area contributed by atoms with Gasteiger partial charge in [0, 0.05) is 10.2 Å². The number of nitrogen functional groups attached to an aromatic ring is 1. The number of hydrogen-bond donors (Lipinski definition) is 2. The topological polar surface area (TPSA) is 98.5 Å². The Labute approximate surface area is 114 Å². The highest BCUT2D eigenvalue weighted by molar-refractivity contribution is 9.10. The second kappa shape index (κ2) is 5.57. The summed E-state index contributed by atoms with van der Waals surface area (Å²) in [6, 6.07) is 4.59. The standard InChI is InChI=1S/C10H13BrN2O4S/c1-6(10(14)17-2)18(15,16)13-7-3-4-8(11)9(12)5-7/h3-6,13H,12H2,1-2H3. The first-order chi connectivity index (χ1) is 8.27. The average Bonchev–Trinajstić information content (AvgIpc) is 2.31. The number of carbonyl (C=O) groups is 1. The molecule has 3 N–H and O–H groups in total. The molecule has 1 aromatic carbocycles. The number of methoxy groups -OCH3 is 1. The first-order valence-electron chi connectivity index (χ1n) is 4.92. The number of halogens is 1. The molecule has 1 atom stereocenters. The Bertz CT molecular complexity index is 559. The second-order valence-electron chi connectivity index (χ2n) is 3.55. The van der Waals surface area contributed by atoms with Gasteiger partial charge in [0.2, 0.25) is 10.0 Å². The van der Waals surface area contributed by atoms with Gasteiger partial charge in [-0.05, 0) is 41.1 Å². The number of rotatable bonds is 4. The van der Waals surface area contributed by atoms with Gasteiger partial charge in [-0.25, -0.2) is 8.42 Å². The van der Waals surface area contributed by atoms with Gasteiger partial charge in [0.05, 0.1) is 12.8 Å². The maximum atomic E-state index is 11.8. The summed E-state index contributed by atoms with van der Waals surface area (Å²) in [6.07, 6.45) is 0. The molecule has 1 unspecified atom stereocenters. The van der Waals surface area contributed by atoms with Gasteiger partial charge in [-0.15, -0.1) is 0 Å². The number of nitrogens with one attached hydrogen (secondary N) is 1. The largest absolute Gasteiger partial charge is 0.468 e. The molecule has 0 saturated carbocycles. The Balaban J connectivity index is 2.95. The Kier molecular flexibility index (Phi) is 4.58. The van der Waals surface area contributed by atoms with Crippen molar-refractivity contribution in [1.82, 2.24) is 0 Å². The molecule has 0 aliphatic carbocycles. The van der Waals surface area contributed by atoms with E-state index in [0.717, 1.165) is 7.11 Å². The lowest BCUT2D eigenvalue weighted by Gasteiger charge is -2.13. The van der Waals surface area contributed by atoms with E-state index >= 15 is 0 Å². The quantitative estimate of drug-likeness (QED) is 0.638. The van der Waals surface area contributed by atoms with E-state index in [1.54, 1.807) is 6.07 Å². The summed E-state index contributed by atoms with van der Waals surface area (Å²) in [5, 5.41) is -1.30. The van der Waals surface area contributed by atoms with Crippen LogP contribution in [0.2, 0.25) is 0 Å². The average molecular weight is 337 g/mol. The summed E-state index contributed by atoms with van der Waals surface area (Å²) in [5.74, 6) is -0.826. The first kappa shape index (κ1) is 14.8. The van der Waals surface area contributed by atoms with E-state index < -0.39 is 21.2 Å². The van der Waals surface area contributed by atoms with Gasteiger partial charge >= 0.3 is 5.97 Å². The van der Waals surface area contributed by atoms with Gasteiger partial charge in [-0.1, -0.05) is 0 Å². The van der Waals surface area contributed by atoms with Crippen molar-refractivity contribution in [2.45, 2.75) is 12.2 Å². The van der Waals surface area contributed by atoms with Gasteiger partial charge < -0.3 is 10.5 Å². The minimum absolute atomic E-state index is 0.284. The molecule has 0 aliphatic heterocycles. The summed E-state index contributed by atoms with van der Waals surface area (Å²) in [4.78, 5) is 11.2. The molecule has 0 saturated heterocycles. The number of hydrogen-bond acceptors (Lipinski definition) is 5. The predicted octanol–water partition coefficient (Wildman–Crippen LogP) is 1.33. The van der Waals surface area contributed by atoms with E-state index in [4.69, 9.17) is 5.73 Å². The van der Waals surface area contributed by atoms with Gasteiger partial charge in [0.25, 0.3) is 0 Å². The number of nitrogens with two attached hydrogens (primary N) is 1. The third-order valence-electron chi connectivity index (χ3n) is 2.25. The minimum Gasteiger partial charge on any atom is -0.468 e. The van der Waals surface area contributed by atoms with Crippen molar-refractivity contribution in [3.63, 3.8) is 0 Å². The SMILES string of the molecule is COC(=O)C(C)S(=O)(=O)Nc1ccc(Br)c(N)c1. The van der Waals surface area contributed by atoms with Crippen LogP contribution in [-0.2, 0) is 19.6 Å². The van der Waals surface area contributed by atoms with Crippen molar-refractivity contribution in [2.24, 2.45) is 0 Å². The molecule has 1 aromatic rings. The highest BCUT2D eigenvalue weighted by atomic mass is 79.9. The monoisotopic (exact) mass is 336 g/mol. The molecule has 18 heavy (non-hydrogen) atoms. The zero-order chi connectivity index (χ0) is 13.9. The summed E-state index contributed by atoms with van der Waals surface area (Å²) in [7, 11) is -2.72. The van der Waals surface area contributed by atoms with Gasteiger partial charge in [0.15, 0.2) is 5.25 Å². The molecule has 0 heterocycles. The molecule has 0 aromatic heterocycles. The smallest absolute Gasteiger partial charge is 0.325 e. The zero-order valence-electron chi connectivity index (χ0n) is 9.81. The van der Waals surface area contributed by atoms with E-state index in [1.807, 2.05) is 0 Å². The van der Waals surface area contributed by atoms with Crippen LogP contribution in [0.15, 0.2) is 22.7 Å². The number of ether oxygens (including phenoxy) is 1. The van der Waals surface area contributed by atoms with Crippen molar-refractivity contribution < 1.29 is 17.9 Å². The van der Waals surface area contributed by atoms with Crippen molar-refractivity contribution in [3.05, 3.63) is 22.7 Å². The van der Waals surface area contributed by atoms with Crippen LogP contribution >= 0.6 is 15.9 Å². The molecule has 6 nitrogen and oxygen atoms in total. The maximum Gasteiger partial charge on any atom is 0.325 e. The van der Waals surface area contributed by atoms with Gasteiger partial charge in [-0.2, -0.15) is 0 Å². The lowest BCUT2D eigenvalue weighted by atomic mass is 10.3. The zero-order valence-corrected chi connectivity index (χ0v) is 12.2. The second-order valence-corrected chi connectivity index (χ2v) is 6.40. The molecule has 8 heteroatoms. The minimum atomic E-state index is -3.85. The summed E-state index contributed by atoms with van der Waals surface area (Å²) < 4.78 is 31.0. The van der Waals surface area contributed by atoms with E-state index in [1.165, 1.54) is 19.1 Å². The molecular formula is C10H13BrN2O4S. The summed E-state index contributed by atoms with van der Waals surface area (Å²) in [6.45, 7) is 1.25. The van der Waals surface area contributed by atoms with Crippen LogP contribution in [0.5, 0.6) is 0 Å². The lowest BCUT2D eigenvalue weighted by molar-refractivity contribution is -0.139. The number of anilines is 2. The molecule has 0 fully saturated rings. The number of esters is 1. The highest BCUT2D eigenvalue weighted by Crippen LogP contribution is 2.24. The predicted molar refractivity (Wildman–Crippen MR) is 72.6 cm³/mol. The molecule has 1 rings (SSSR count).